The number of rotatable bonds is 3. The first-order valence-corrected chi connectivity index (χ1v) is 9.53. The smallest absolute Gasteiger partial charge is 0.490 e. The summed E-state index contributed by atoms with van der Waals surface area (Å²) in [6.45, 7) is 2.43. The van der Waals surface area contributed by atoms with E-state index in [0.717, 1.165) is 6.07 Å². The van der Waals surface area contributed by atoms with Crippen molar-refractivity contribution in [3.63, 3.8) is 0 Å². The van der Waals surface area contributed by atoms with Crippen molar-refractivity contribution in [2.75, 3.05) is 6.61 Å². The maximum absolute atomic E-state index is 12.9. The summed E-state index contributed by atoms with van der Waals surface area (Å²) in [6.07, 6.45) is 0.327. The maximum atomic E-state index is 12.9. The molecule has 0 spiro atoms. The Morgan fingerprint density at radius 1 is 1.28 bits per heavy atom. The number of hydrogen-bond acceptors (Lipinski definition) is 5. The van der Waals surface area contributed by atoms with Gasteiger partial charge >= 0.3 is 5.51 Å². The number of alkyl halides is 3. The topological polar surface area (TPSA) is 72.8 Å². The van der Waals surface area contributed by atoms with Crippen LogP contribution in [-0.4, -0.2) is 37.8 Å². The third-order valence-electron chi connectivity index (χ3n) is 4.60. The molecule has 0 bridgehead atoms. The Balaban J connectivity index is 1.99. The molecule has 1 fully saturated rings. The van der Waals surface area contributed by atoms with Crippen LogP contribution in [0.1, 0.15) is 43.4 Å². The fraction of sp³-hybridized carbons (Fsp3) is 0.625. The molecule has 9 heteroatoms. The lowest BCUT2D eigenvalue weighted by molar-refractivity contribution is -0.0437. The summed E-state index contributed by atoms with van der Waals surface area (Å²) in [5, 5.41) is 10.1. The highest BCUT2D eigenvalue weighted by molar-refractivity contribution is 7.92. The van der Waals surface area contributed by atoms with Crippen molar-refractivity contribution in [1.29, 1.82) is 0 Å². The first-order valence-electron chi connectivity index (χ1n) is 8.04. The van der Waals surface area contributed by atoms with Gasteiger partial charge in [-0.15, -0.1) is 0 Å². The molecule has 3 rings (SSSR count). The summed E-state index contributed by atoms with van der Waals surface area (Å²) >= 11 is 0. The normalized spacial score (nSPS) is 27.2. The minimum Gasteiger partial charge on any atom is -0.490 e. The monoisotopic (exact) mass is 380 g/mol. The van der Waals surface area contributed by atoms with Crippen LogP contribution in [0, 0.1) is 0 Å². The van der Waals surface area contributed by atoms with Gasteiger partial charge in [0.2, 0.25) is 0 Å². The molecule has 25 heavy (non-hydrogen) atoms. The molecule has 0 aromatic heterocycles. The lowest BCUT2D eigenvalue weighted by atomic mass is 10.1. The molecule has 0 radical (unpaired) electrons. The van der Waals surface area contributed by atoms with E-state index in [9.17, 15) is 26.7 Å². The minimum atomic E-state index is -5.53. The first-order chi connectivity index (χ1) is 11.6. The number of halogens is 3. The number of hydrogen-bond donors (Lipinski definition) is 1. The molecule has 140 valence electrons. The summed E-state index contributed by atoms with van der Waals surface area (Å²) in [4.78, 5) is -0.882. The van der Waals surface area contributed by atoms with Crippen molar-refractivity contribution in [2.45, 2.75) is 61.3 Å². The Bertz CT molecular complexity index is 760. The van der Waals surface area contributed by atoms with E-state index < -0.39 is 26.3 Å². The van der Waals surface area contributed by atoms with Gasteiger partial charge in [-0.3, -0.25) is 0 Å². The van der Waals surface area contributed by atoms with Crippen LogP contribution in [0.15, 0.2) is 17.0 Å². The standard InChI is InChI=1S/C16H19F3O5S/c1-9-8-10(6-7-23-9)24-13-4-5-14(25(21,22)16(17,18)19)15-11(13)2-3-12(15)20/h4-5,9-10,12,20H,2-3,6-8H2,1H3. The molecule has 5 nitrogen and oxygen atoms in total. The molecular formula is C16H19F3O5S. The number of fused-ring (bicyclic) bond motifs is 1. The molecule has 1 aromatic carbocycles. The Morgan fingerprint density at radius 2 is 2.00 bits per heavy atom. The highest BCUT2D eigenvalue weighted by Crippen LogP contribution is 2.44. The van der Waals surface area contributed by atoms with Crippen LogP contribution in [0.3, 0.4) is 0 Å². The summed E-state index contributed by atoms with van der Waals surface area (Å²) in [5.41, 5.74) is -5.26. The number of ether oxygens (including phenoxy) is 2. The van der Waals surface area contributed by atoms with E-state index in [1.54, 1.807) is 0 Å². The van der Waals surface area contributed by atoms with Crippen LogP contribution in [-0.2, 0) is 21.0 Å². The van der Waals surface area contributed by atoms with Gasteiger partial charge in [-0.2, -0.15) is 13.2 Å². The number of aliphatic hydroxyl groups is 1. The summed E-state index contributed by atoms with van der Waals surface area (Å²) in [7, 11) is -5.53. The second-order valence-corrected chi connectivity index (χ2v) is 8.31. The van der Waals surface area contributed by atoms with Gasteiger partial charge in [-0.05, 0) is 31.9 Å². The zero-order valence-corrected chi connectivity index (χ0v) is 14.4. The molecule has 1 heterocycles. The van der Waals surface area contributed by atoms with Gasteiger partial charge < -0.3 is 14.6 Å². The van der Waals surface area contributed by atoms with E-state index in [0.29, 0.717) is 30.8 Å². The second-order valence-electron chi connectivity index (χ2n) is 6.40. The molecule has 1 aromatic rings. The van der Waals surface area contributed by atoms with Crippen molar-refractivity contribution in [2.24, 2.45) is 0 Å². The molecule has 1 N–H and O–H groups in total. The largest absolute Gasteiger partial charge is 0.501 e. The van der Waals surface area contributed by atoms with Crippen molar-refractivity contribution in [1.82, 2.24) is 0 Å². The average molecular weight is 380 g/mol. The molecule has 1 aliphatic carbocycles. The van der Waals surface area contributed by atoms with Crippen molar-refractivity contribution in [3.05, 3.63) is 23.3 Å². The van der Waals surface area contributed by atoms with Gasteiger partial charge in [0.15, 0.2) is 0 Å². The maximum Gasteiger partial charge on any atom is 0.501 e. The lowest BCUT2D eigenvalue weighted by Crippen LogP contribution is -2.31. The third kappa shape index (κ3) is 3.37. The number of sulfone groups is 1. The SMILES string of the molecule is CC1CC(Oc2ccc(S(=O)(=O)C(F)(F)F)c3c2CCC3O)CCO1. The van der Waals surface area contributed by atoms with Crippen LogP contribution in [0.4, 0.5) is 13.2 Å². The fourth-order valence-electron chi connectivity index (χ4n) is 3.38. The van der Waals surface area contributed by atoms with E-state index in [1.165, 1.54) is 6.07 Å². The Labute approximate surface area is 143 Å². The second kappa shape index (κ2) is 6.44. The van der Waals surface area contributed by atoms with Crippen LogP contribution in [0.5, 0.6) is 5.75 Å². The molecule has 1 aliphatic heterocycles. The quantitative estimate of drug-likeness (QED) is 0.873. The predicted molar refractivity (Wildman–Crippen MR) is 82.0 cm³/mol. The molecule has 3 unspecified atom stereocenters. The van der Waals surface area contributed by atoms with Crippen molar-refractivity contribution >= 4 is 9.84 Å². The number of benzene rings is 1. The Kier molecular flexibility index (Phi) is 4.76. The first kappa shape index (κ1) is 18.5. The third-order valence-corrected chi connectivity index (χ3v) is 6.14. The highest BCUT2D eigenvalue weighted by Gasteiger charge is 2.49. The Morgan fingerprint density at radius 3 is 2.64 bits per heavy atom. The van der Waals surface area contributed by atoms with Crippen molar-refractivity contribution < 1.29 is 36.2 Å². The van der Waals surface area contributed by atoms with Gasteiger partial charge in [0.25, 0.3) is 9.84 Å². The zero-order valence-electron chi connectivity index (χ0n) is 13.5. The van der Waals surface area contributed by atoms with E-state index in [-0.39, 0.29) is 30.6 Å². The van der Waals surface area contributed by atoms with Crippen LogP contribution in [0.2, 0.25) is 0 Å². The van der Waals surface area contributed by atoms with Gasteiger partial charge in [0.1, 0.15) is 11.9 Å². The van der Waals surface area contributed by atoms with E-state index in [2.05, 4.69) is 0 Å². The molecule has 0 saturated carbocycles. The molecule has 0 amide bonds. The van der Waals surface area contributed by atoms with Crippen LogP contribution >= 0.6 is 0 Å². The van der Waals surface area contributed by atoms with E-state index in [1.807, 2.05) is 6.92 Å². The highest BCUT2D eigenvalue weighted by atomic mass is 32.2. The fourth-order valence-corrected chi connectivity index (χ4v) is 4.43. The van der Waals surface area contributed by atoms with Gasteiger partial charge in [0, 0.05) is 24.0 Å². The van der Waals surface area contributed by atoms with E-state index in [4.69, 9.17) is 9.47 Å². The Hall–Kier alpha value is -1.32. The predicted octanol–water partition coefficient (Wildman–Crippen LogP) is 2.91. The minimum absolute atomic E-state index is 0.0160. The van der Waals surface area contributed by atoms with Crippen LogP contribution < -0.4 is 4.74 Å². The van der Waals surface area contributed by atoms with Crippen LogP contribution in [0.25, 0.3) is 0 Å². The zero-order chi connectivity index (χ0) is 18.4. The van der Waals surface area contributed by atoms with Gasteiger partial charge in [-0.1, -0.05) is 0 Å². The summed E-state index contributed by atoms with van der Waals surface area (Å²) in [6, 6.07) is 2.14. The summed E-state index contributed by atoms with van der Waals surface area (Å²) in [5.74, 6) is 0.340. The lowest BCUT2D eigenvalue weighted by Gasteiger charge is -2.29. The molecule has 3 atom stereocenters. The summed E-state index contributed by atoms with van der Waals surface area (Å²) < 4.78 is 73.7. The molecule has 2 aliphatic rings. The van der Waals surface area contributed by atoms with Crippen molar-refractivity contribution in [3.8, 4) is 5.75 Å². The molecular weight excluding hydrogens is 361 g/mol. The van der Waals surface area contributed by atoms with Gasteiger partial charge in [0.05, 0.1) is 23.7 Å². The number of aliphatic hydroxyl groups excluding tert-OH is 1. The molecule has 1 saturated heterocycles. The van der Waals surface area contributed by atoms with Gasteiger partial charge in [-0.25, -0.2) is 8.42 Å². The average Bonchev–Trinajstić information content (AvgIpc) is 2.89. The van der Waals surface area contributed by atoms with E-state index >= 15 is 0 Å².